The molecule has 0 amide bonds. The van der Waals surface area contributed by atoms with E-state index in [0.29, 0.717) is 12.3 Å². The smallest absolute Gasteiger partial charge is 0.212 e. The van der Waals surface area contributed by atoms with Crippen LogP contribution >= 0.6 is 0 Å². The van der Waals surface area contributed by atoms with Gasteiger partial charge in [-0.1, -0.05) is 170 Å². The zero-order chi connectivity index (χ0) is 28.3. The first kappa shape index (κ1) is 28.6. The third-order valence-corrected chi connectivity index (χ3v) is 11.1. The van der Waals surface area contributed by atoms with Crippen molar-refractivity contribution in [1.82, 2.24) is 9.55 Å². The minimum Gasteiger partial charge on any atom is -0.327 e. The molecule has 4 aromatic carbocycles. The second kappa shape index (κ2) is 14.1. The number of rotatable bonds is 10. The van der Waals surface area contributed by atoms with Gasteiger partial charge in [-0.05, 0) is 30.0 Å². The van der Waals surface area contributed by atoms with Gasteiger partial charge in [0.2, 0.25) is 6.71 Å². The van der Waals surface area contributed by atoms with Crippen LogP contribution in [0.15, 0.2) is 152 Å². The molecule has 0 bridgehead atoms. The molecule has 0 aliphatic heterocycles. The zero-order valence-electron chi connectivity index (χ0n) is 24.4. The normalized spacial score (nSPS) is 14.1. The van der Waals surface area contributed by atoms with Gasteiger partial charge in [0.1, 0.15) is 0 Å². The SMILES string of the molecule is CC=CCC(C)[SiH2]C(c1ccccc1)(c1ccccc1)n1ccnc1.c1ccc(B(c2ccccc2)C2CC2)cc1. The van der Waals surface area contributed by atoms with Crippen LogP contribution in [0.25, 0.3) is 0 Å². The van der Waals surface area contributed by atoms with Gasteiger partial charge in [0, 0.05) is 12.4 Å². The number of hydrogen-bond donors (Lipinski definition) is 0. The molecule has 0 radical (unpaired) electrons. The average Bonchev–Trinajstić information content (AvgIpc) is 3.71. The summed E-state index contributed by atoms with van der Waals surface area (Å²) in [5.74, 6) is 0.866. The van der Waals surface area contributed by atoms with Crippen molar-refractivity contribution in [2.24, 2.45) is 0 Å². The van der Waals surface area contributed by atoms with Crippen LogP contribution in [0.4, 0.5) is 0 Å². The van der Waals surface area contributed by atoms with Crippen molar-refractivity contribution in [2.75, 3.05) is 0 Å². The van der Waals surface area contributed by atoms with Crippen molar-refractivity contribution in [3.63, 3.8) is 0 Å². The molecule has 5 aromatic rings. The van der Waals surface area contributed by atoms with E-state index in [1.807, 2.05) is 12.5 Å². The number of hydrogen-bond acceptors (Lipinski definition) is 1. The van der Waals surface area contributed by atoms with Crippen LogP contribution < -0.4 is 10.9 Å². The van der Waals surface area contributed by atoms with Crippen LogP contribution in [-0.4, -0.2) is 25.8 Å². The van der Waals surface area contributed by atoms with Crippen molar-refractivity contribution in [1.29, 1.82) is 0 Å². The number of benzene rings is 4. The van der Waals surface area contributed by atoms with Gasteiger partial charge < -0.3 is 4.57 Å². The fraction of sp³-hybridized carbons (Fsp3) is 0.216. The molecule has 4 heteroatoms. The fourth-order valence-electron chi connectivity index (χ4n) is 6.16. The van der Waals surface area contributed by atoms with Crippen LogP contribution in [-0.2, 0) is 5.16 Å². The van der Waals surface area contributed by atoms with Crippen molar-refractivity contribution in [2.45, 2.75) is 49.6 Å². The van der Waals surface area contributed by atoms with Crippen LogP contribution in [0.2, 0.25) is 11.4 Å². The maximum Gasteiger partial charge on any atom is 0.212 e. The van der Waals surface area contributed by atoms with Gasteiger partial charge in [-0.15, -0.1) is 0 Å². The largest absolute Gasteiger partial charge is 0.327 e. The van der Waals surface area contributed by atoms with E-state index >= 15 is 0 Å². The van der Waals surface area contributed by atoms with Crippen molar-refractivity contribution >= 4 is 27.2 Å². The summed E-state index contributed by atoms with van der Waals surface area (Å²) in [6, 6.07) is 43.7. The summed E-state index contributed by atoms with van der Waals surface area (Å²) in [4.78, 5) is 4.38. The Balaban J connectivity index is 0.000000181. The summed E-state index contributed by atoms with van der Waals surface area (Å²) in [6.07, 6.45) is 14.4. The first-order valence-electron chi connectivity index (χ1n) is 15.0. The maximum atomic E-state index is 4.38. The summed E-state index contributed by atoms with van der Waals surface area (Å²) >= 11 is 0. The summed E-state index contributed by atoms with van der Waals surface area (Å²) in [6.45, 7) is 5.11. The molecule has 1 saturated carbocycles. The van der Waals surface area contributed by atoms with Crippen LogP contribution in [0.3, 0.4) is 0 Å². The highest BCUT2D eigenvalue weighted by Gasteiger charge is 2.38. The van der Waals surface area contributed by atoms with E-state index in [-0.39, 0.29) is 5.16 Å². The molecule has 2 nitrogen and oxygen atoms in total. The molecule has 1 heterocycles. The summed E-state index contributed by atoms with van der Waals surface area (Å²) in [7, 11) is -0.571. The highest BCUT2D eigenvalue weighted by Crippen LogP contribution is 2.39. The Morgan fingerprint density at radius 1 is 0.805 bits per heavy atom. The van der Waals surface area contributed by atoms with E-state index in [4.69, 9.17) is 0 Å². The van der Waals surface area contributed by atoms with Crippen LogP contribution in [0.1, 0.15) is 44.2 Å². The second-order valence-electron chi connectivity index (χ2n) is 11.3. The lowest BCUT2D eigenvalue weighted by atomic mass is 9.37. The third kappa shape index (κ3) is 7.07. The molecule has 0 saturated heterocycles. The van der Waals surface area contributed by atoms with Gasteiger partial charge in [0.25, 0.3) is 0 Å². The molecule has 1 fully saturated rings. The van der Waals surface area contributed by atoms with Crippen molar-refractivity contribution < 1.29 is 0 Å². The minimum atomic E-state index is -0.571. The van der Waals surface area contributed by atoms with Gasteiger partial charge >= 0.3 is 0 Å². The molecule has 0 N–H and O–H groups in total. The first-order chi connectivity index (χ1) is 20.2. The van der Waals surface area contributed by atoms with Gasteiger partial charge in [0.15, 0.2) is 0 Å². The fourth-order valence-corrected chi connectivity index (χ4v) is 8.87. The molecule has 6 rings (SSSR count). The lowest BCUT2D eigenvalue weighted by molar-refractivity contribution is 0.582. The van der Waals surface area contributed by atoms with Crippen molar-refractivity contribution in [3.05, 3.63) is 163 Å². The number of imidazole rings is 1. The second-order valence-corrected chi connectivity index (χ2v) is 14.1. The molecule has 1 unspecified atom stereocenters. The van der Waals surface area contributed by atoms with E-state index in [1.54, 1.807) is 0 Å². The van der Waals surface area contributed by atoms with Crippen LogP contribution in [0.5, 0.6) is 0 Å². The Hall–Kier alpha value is -3.89. The van der Waals surface area contributed by atoms with Crippen molar-refractivity contribution in [3.8, 4) is 0 Å². The minimum absolute atomic E-state index is 0.111. The Kier molecular flexibility index (Phi) is 9.88. The van der Waals surface area contributed by atoms with E-state index in [2.05, 4.69) is 163 Å². The third-order valence-electron chi connectivity index (χ3n) is 8.28. The average molecular weight is 553 g/mol. The molecule has 1 aromatic heterocycles. The van der Waals surface area contributed by atoms with Gasteiger partial charge in [-0.2, -0.15) is 0 Å². The van der Waals surface area contributed by atoms with E-state index in [9.17, 15) is 0 Å². The standard InChI is InChI=1S/C22H26N2Si.C15H15B/c1-3-4-11-19(2)25-22(24-17-16-23-18-24,20-12-7-5-8-13-20)21-14-9-6-10-15-21;1-3-7-13(8-4-1)16(15-11-12-15)14-9-5-2-6-10-14/h3-10,12-19H,11,25H2,1-2H3;1-10,15H,11-12H2. The van der Waals surface area contributed by atoms with Gasteiger partial charge in [-0.25, -0.2) is 4.98 Å². The number of allylic oxidation sites excluding steroid dienone is 2. The first-order valence-corrected chi connectivity index (χ1v) is 16.5. The monoisotopic (exact) mass is 552 g/mol. The van der Waals surface area contributed by atoms with E-state index in [1.165, 1.54) is 34.9 Å². The Morgan fingerprint density at radius 2 is 1.29 bits per heavy atom. The van der Waals surface area contributed by atoms with E-state index in [0.717, 1.165) is 12.2 Å². The molecular weight excluding hydrogens is 511 g/mol. The highest BCUT2D eigenvalue weighted by molar-refractivity contribution is 6.86. The lowest BCUT2D eigenvalue weighted by Crippen LogP contribution is -2.43. The molecular formula is C37H41BN2Si. The Bertz CT molecular complexity index is 1370. The number of nitrogens with zero attached hydrogens (tertiary/aromatic N) is 2. The molecule has 1 atom stereocenters. The molecule has 41 heavy (non-hydrogen) atoms. The van der Waals surface area contributed by atoms with Gasteiger partial charge in [-0.3, -0.25) is 0 Å². The molecule has 1 aliphatic rings. The molecule has 206 valence electrons. The maximum absolute atomic E-state index is 4.38. The van der Waals surface area contributed by atoms with Gasteiger partial charge in [0.05, 0.1) is 21.0 Å². The van der Waals surface area contributed by atoms with Crippen LogP contribution in [0, 0.1) is 0 Å². The summed E-state index contributed by atoms with van der Waals surface area (Å²) in [5, 5.41) is -0.111. The summed E-state index contributed by atoms with van der Waals surface area (Å²) in [5.41, 5.74) is 6.34. The quantitative estimate of drug-likeness (QED) is 0.134. The molecule has 0 spiro atoms. The zero-order valence-corrected chi connectivity index (χ0v) is 25.8. The summed E-state index contributed by atoms with van der Waals surface area (Å²) < 4.78 is 2.33. The highest BCUT2D eigenvalue weighted by atomic mass is 28.2. The topological polar surface area (TPSA) is 17.8 Å². The number of aromatic nitrogens is 2. The molecule has 1 aliphatic carbocycles. The predicted molar refractivity (Wildman–Crippen MR) is 180 cm³/mol. The lowest BCUT2D eigenvalue weighted by Gasteiger charge is -2.38. The predicted octanol–water partition coefficient (Wildman–Crippen LogP) is 7.04. The Morgan fingerprint density at radius 3 is 1.71 bits per heavy atom. The Labute approximate surface area is 249 Å². The van der Waals surface area contributed by atoms with E-state index < -0.39 is 9.52 Å².